The minimum Gasteiger partial charge on any atom is -0.299 e. The van der Waals surface area contributed by atoms with Crippen LogP contribution in [-0.4, -0.2) is 23.5 Å². The molecule has 110 valence electrons. The van der Waals surface area contributed by atoms with Gasteiger partial charge in [-0.25, -0.2) is 0 Å². The number of Topliss-reactive ketones (excluding diaryl/α,β-unsaturated/α-hetero) is 1. The fourth-order valence-corrected chi connectivity index (χ4v) is 4.35. The summed E-state index contributed by atoms with van der Waals surface area (Å²) in [4.78, 5) is 12.1. The van der Waals surface area contributed by atoms with E-state index in [1.807, 2.05) is 11.8 Å². The molecule has 1 nitrogen and oxygen atoms in total. The largest absolute Gasteiger partial charge is 0.391 e. The first-order chi connectivity index (χ1) is 8.97. The monoisotopic (exact) mass is 294 g/mol. The van der Waals surface area contributed by atoms with Gasteiger partial charge in [0.25, 0.3) is 0 Å². The number of hydrogen-bond acceptors (Lipinski definition) is 2. The SMILES string of the molecule is O=C(CC1CCSCC1)C1CCC(C(F)(F)F)CC1. The highest BCUT2D eigenvalue weighted by Gasteiger charge is 2.42. The molecule has 0 spiro atoms. The van der Waals surface area contributed by atoms with E-state index in [1.165, 1.54) is 0 Å². The number of ketones is 1. The van der Waals surface area contributed by atoms with Crippen molar-refractivity contribution in [2.24, 2.45) is 17.8 Å². The van der Waals surface area contributed by atoms with E-state index in [2.05, 4.69) is 0 Å². The van der Waals surface area contributed by atoms with Gasteiger partial charge in [-0.3, -0.25) is 4.79 Å². The number of rotatable bonds is 3. The summed E-state index contributed by atoms with van der Waals surface area (Å²) >= 11 is 1.93. The van der Waals surface area contributed by atoms with Crippen molar-refractivity contribution in [3.63, 3.8) is 0 Å². The Hall–Kier alpha value is -0.190. The van der Waals surface area contributed by atoms with Crippen LogP contribution in [0.1, 0.15) is 44.9 Å². The van der Waals surface area contributed by atoms with Crippen LogP contribution >= 0.6 is 11.8 Å². The molecule has 2 fully saturated rings. The minimum absolute atomic E-state index is 0.104. The van der Waals surface area contributed by atoms with Crippen LogP contribution in [0, 0.1) is 17.8 Å². The van der Waals surface area contributed by atoms with Crippen molar-refractivity contribution >= 4 is 17.5 Å². The number of hydrogen-bond donors (Lipinski definition) is 0. The lowest BCUT2D eigenvalue weighted by atomic mass is 9.77. The molecule has 2 rings (SSSR count). The van der Waals surface area contributed by atoms with Crippen molar-refractivity contribution < 1.29 is 18.0 Å². The van der Waals surface area contributed by atoms with Gasteiger partial charge in [0.1, 0.15) is 5.78 Å². The number of alkyl halides is 3. The molecule has 0 aromatic heterocycles. The van der Waals surface area contributed by atoms with Gasteiger partial charge in [-0.1, -0.05) is 0 Å². The topological polar surface area (TPSA) is 17.1 Å². The second-order valence-electron chi connectivity index (χ2n) is 5.82. The van der Waals surface area contributed by atoms with Crippen LogP contribution in [0.2, 0.25) is 0 Å². The minimum atomic E-state index is -4.07. The Morgan fingerprint density at radius 1 is 1.00 bits per heavy atom. The van der Waals surface area contributed by atoms with Crippen LogP contribution in [0.5, 0.6) is 0 Å². The summed E-state index contributed by atoms with van der Waals surface area (Å²) in [5.74, 6) is 1.67. The van der Waals surface area contributed by atoms with Gasteiger partial charge in [0.2, 0.25) is 0 Å². The maximum Gasteiger partial charge on any atom is 0.391 e. The van der Waals surface area contributed by atoms with Gasteiger partial charge >= 0.3 is 6.18 Å². The molecule has 0 N–H and O–H groups in total. The third kappa shape index (κ3) is 4.40. The van der Waals surface area contributed by atoms with Crippen molar-refractivity contribution in [2.45, 2.75) is 51.1 Å². The van der Waals surface area contributed by atoms with Gasteiger partial charge in [0.05, 0.1) is 5.92 Å². The van der Waals surface area contributed by atoms with E-state index in [0.29, 0.717) is 25.2 Å². The lowest BCUT2D eigenvalue weighted by Crippen LogP contribution is -2.31. The van der Waals surface area contributed by atoms with E-state index in [4.69, 9.17) is 0 Å². The maximum absolute atomic E-state index is 12.6. The molecule has 0 unspecified atom stereocenters. The van der Waals surface area contributed by atoms with Gasteiger partial charge in [-0.2, -0.15) is 24.9 Å². The molecule has 0 aromatic rings. The van der Waals surface area contributed by atoms with Crippen molar-refractivity contribution in [3.05, 3.63) is 0 Å². The molecule has 2 aliphatic rings. The Labute approximate surface area is 116 Å². The first-order valence-electron chi connectivity index (χ1n) is 7.14. The zero-order valence-corrected chi connectivity index (χ0v) is 11.9. The molecular weight excluding hydrogens is 273 g/mol. The van der Waals surface area contributed by atoms with Crippen molar-refractivity contribution in [1.29, 1.82) is 0 Å². The summed E-state index contributed by atoms with van der Waals surface area (Å²) in [5, 5.41) is 0. The van der Waals surface area contributed by atoms with Crippen LogP contribution in [-0.2, 0) is 4.79 Å². The molecule has 0 amide bonds. The Kier molecular flexibility index (Phi) is 5.21. The second-order valence-corrected chi connectivity index (χ2v) is 7.04. The predicted molar refractivity (Wildman–Crippen MR) is 71.2 cm³/mol. The molecular formula is C14H21F3OS. The summed E-state index contributed by atoms with van der Waals surface area (Å²) < 4.78 is 37.7. The molecule has 0 radical (unpaired) electrons. The predicted octanol–water partition coefficient (Wildman–Crippen LogP) is 4.46. The van der Waals surface area contributed by atoms with Crippen molar-refractivity contribution in [1.82, 2.24) is 0 Å². The lowest BCUT2D eigenvalue weighted by molar-refractivity contribution is -0.184. The highest BCUT2D eigenvalue weighted by molar-refractivity contribution is 7.99. The Morgan fingerprint density at radius 3 is 2.11 bits per heavy atom. The fourth-order valence-electron chi connectivity index (χ4n) is 3.14. The molecule has 1 aliphatic carbocycles. The van der Waals surface area contributed by atoms with E-state index in [1.54, 1.807) is 0 Å². The third-order valence-electron chi connectivity index (χ3n) is 4.48. The standard InChI is InChI=1S/C14H21F3OS/c15-14(16,17)12-3-1-11(2-4-12)13(18)9-10-5-7-19-8-6-10/h10-12H,1-9H2. The average molecular weight is 294 g/mol. The molecule has 0 aromatic carbocycles. The van der Waals surface area contributed by atoms with Gasteiger partial charge in [0, 0.05) is 12.3 Å². The van der Waals surface area contributed by atoms with Crippen molar-refractivity contribution in [2.75, 3.05) is 11.5 Å². The highest BCUT2D eigenvalue weighted by Crippen LogP contribution is 2.40. The van der Waals surface area contributed by atoms with E-state index in [9.17, 15) is 18.0 Å². The normalized spacial score (nSPS) is 30.3. The molecule has 0 bridgehead atoms. The highest BCUT2D eigenvalue weighted by atomic mass is 32.2. The van der Waals surface area contributed by atoms with Crippen molar-refractivity contribution in [3.8, 4) is 0 Å². The third-order valence-corrected chi connectivity index (χ3v) is 5.52. The van der Waals surface area contributed by atoms with Gasteiger partial charge in [-0.15, -0.1) is 0 Å². The lowest BCUT2D eigenvalue weighted by Gasteiger charge is -2.30. The number of carbonyl (C=O) groups is 1. The summed E-state index contributed by atoms with van der Waals surface area (Å²) in [6.45, 7) is 0. The summed E-state index contributed by atoms with van der Waals surface area (Å²) in [6.07, 6.45) is -0.144. The number of thioether (sulfide) groups is 1. The Bertz CT molecular complexity index is 302. The molecule has 1 saturated heterocycles. The van der Waals surface area contributed by atoms with E-state index in [-0.39, 0.29) is 24.5 Å². The first-order valence-corrected chi connectivity index (χ1v) is 8.29. The zero-order valence-electron chi connectivity index (χ0n) is 11.0. The van der Waals surface area contributed by atoms with Gasteiger partial charge in [-0.05, 0) is 55.9 Å². The summed E-state index contributed by atoms with van der Waals surface area (Å²) in [5.41, 5.74) is 0. The van der Waals surface area contributed by atoms with Crippen LogP contribution in [0.3, 0.4) is 0 Å². The number of carbonyl (C=O) groups excluding carboxylic acids is 1. The zero-order chi connectivity index (χ0) is 13.9. The molecule has 1 aliphatic heterocycles. The van der Waals surface area contributed by atoms with Crippen LogP contribution in [0.15, 0.2) is 0 Å². The first kappa shape index (κ1) is 15.2. The van der Waals surface area contributed by atoms with Crippen LogP contribution in [0.25, 0.3) is 0 Å². The van der Waals surface area contributed by atoms with Crippen LogP contribution < -0.4 is 0 Å². The Morgan fingerprint density at radius 2 is 1.58 bits per heavy atom. The molecule has 0 atom stereocenters. The summed E-state index contributed by atoms with van der Waals surface area (Å²) in [7, 11) is 0. The molecule has 1 heterocycles. The van der Waals surface area contributed by atoms with E-state index in [0.717, 1.165) is 24.3 Å². The fraction of sp³-hybridized carbons (Fsp3) is 0.929. The summed E-state index contributed by atoms with van der Waals surface area (Å²) in [6, 6.07) is 0. The second kappa shape index (κ2) is 6.51. The average Bonchev–Trinajstić information content (AvgIpc) is 2.39. The molecule has 19 heavy (non-hydrogen) atoms. The molecule has 1 saturated carbocycles. The van der Waals surface area contributed by atoms with Gasteiger partial charge in [0.15, 0.2) is 0 Å². The van der Waals surface area contributed by atoms with Gasteiger partial charge < -0.3 is 0 Å². The Balaban J connectivity index is 1.76. The van der Waals surface area contributed by atoms with E-state index >= 15 is 0 Å². The quantitative estimate of drug-likeness (QED) is 0.764. The number of halogens is 3. The smallest absolute Gasteiger partial charge is 0.299 e. The maximum atomic E-state index is 12.6. The van der Waals surface area contributed by atoms with Crippen LogP contribution in [0.4, 0.5) is 13.2 Å². The molecule has 5 heteroatoms. The van der Waals surface area contributed by atoms with E-state index < -0.39 is 12.1 Å².